The molecular formula is C80H50N6S2. The standard InChI is InChI=1S/2C40H25N3S/c1-3-11-26(12-4-1)32-25-33(42-40(41-32)28-13-5-2-6-14-28)27-19-21-29(22-20-27)43-34-17-9-7-15-30(34)38-35(43)23-24-37-39(38)31-16-8-10-18-36(31)44-37;1-3-11-26(12-4-1)32-25-33(27-13-5-2-6-14-27)42-40(41-32)28-19-21-29(22-20-28)43-34-17-9-7-15-30(34)38-35(43)23-24-37-39(38)31-16-8-10-18-36(31)44-37/h2*1-25H. The number of thiophene rings is 2. The maximum absolute atomic E-state index is 5.03. The van der Waals surface area contributed by atoms with Crippen molar-refractivity contribution in [2.24, 2.45) is 0 Å². The second kappa shape index (κ2) is 21.4. The van der Waals surface area contributed by atoms with Crippen molar-refractivity contribution in [2.75, 3.05) is 0 Å². The first-order valence-electron chi connectivity index (χ1n) is 29.5. The molecule has 6 aromatic heterocycles. The topological polar surface area (TPSA) is 61.4 Å². The molecule has 8 heteroatoms. The molecule has 0 bridgehead atoms. The van der Waals surface area contributed by atoms with Crippen molar-refractivity contribution in [1.82, 2.24) is 29.1 Å². The summed E-state index contributed by atoms with van der Waals surface area (Å²) in [5.74, 6) is 1.44. The number of hydrogen-bond acceptors (Lipinski definition) is 6. The van der Waals surface area contributed by atoms with Crippen LogP contribution in [0, 0.1) is 0 Å². The van der Waals surface area contributed by atoms with Gasteiger partial charge in [0.15, 0.2) is 11.6 Å². The monoisotopic (exact) mass is 1160 g/mol. The quantitative estimate of drug-likeness (QED) is 0.152. The summed E-state index contributed by atoms with van der Waals surface area (Å²) in [5, 5.41) is 10.5. The zero-order valence-corrected chi connectivity index (χ0v) is 49.0. The Balaban J connectivity index is 0.000000137. The van der Waals surface area contributed by atoms with Gasteiger partial charge in [-0.05, 0) is 97.1 Å². The smallest absolute Gasteiger partial charge is 0.160 e. The molecule has 0 radical (unpaired) electrons. The fourth-order valence-electron chi connectivity index (χ4n) is 12.8. The molecular weight excluding hydrogens is 1110 g/mol. The predicted octanol–water partition coefficient (Wildman–Crippen LogP) is 21.9. The number of rotatable bonds is 8. The lowest BCUT2D eigenvalue weighted by atomic mass is 10.1. The molecule has 0 spiro atoms. The van der Waals surface area contributed by atoms with E-state index in [-0.39, 0.29) is 0 Å². The van der Waals surface area contributed by atoms with Crippen LogP contribution in [0.15, 0.2) is 303 Å². The van der Waals surface area contributed by atoms with Crippen LogP contribution in [-0.2, 0) is 0 Å². The van der Waals surface area contributed by atoms with Crippen molar-refractivity contribution in [1.29, 1.82) is 0 Å². The van der Waals surface area contributed by atoms with Gasteiger partial charge in [-0.1, -0.05) is 206 Å². The summed E-state index contributed by atoms with van der Waals surface area (Å²) in [7, 11) is 0. The lowest BCUT2D eigenvalue weighted by Crippen LogP contribution is -1.97. The predicted molar refractivity (Wildman–Crippen MR) is 371 cm³/mol. The number of fused-ring (bicyclic) bond motifs is 14. The number of aromatic nitrogens is 6. The average molecular weight is 1160 g/mol. The van der Waals surface area contributed by atoms with Gasteiger partial charge in [-0.2, -0.15) is 0 Å². The van der Waals surface area contributed by atoms with Gasteiger partial charge in [-0.3, -0.25) is 0 Å². The number of benzene rings is 12. The van der Waals surface area contributed by atoms with Gasteiger partial charge >= 0.3 is 0 Å². The lowest BCUT2D eigenvalue weighted by molar-refractivity contribution is 1.16. The Morgan fingerprint density at radius 2 is 0.523 bits per heavy atom. The highest BCUT2D eigenvalue weighted by molar-refractivity contribution is 7.26. The molecule has 18 aromatic rings. The van der Waals surface area contributed by atoms with Crippen molar-refractivity contribution in [3.63, 3.8) is 0 Å². The summed E-state index contributed by atoms with van der Waals surface area (Å²) in [4.78, 5) is 20.0. The van der Waals surface area contributed by atoms with Crippen molar-refractivity contribution in [3.8, 4) is 79.2 Å². The van der Waals surface area contributed by atoms with E-state index in [9.17, 15) is 0 Å². The number of para-hydroxylation sites is 2. The molecule has 0 aliphatic heterocycles. The summed E-state index contributed by atoms with van der Waals surface area (Å²) in [6.45, 7) is 0. The molecule has 18 rings (SSSR count). The van der Waals surface area contributed by atoms with Gasteiger partial charge in [-0.15, -0.1) is 22.7 Å². The zero-order chi connectivity index (χ0) is 58.1. The molecule has 12 aromatic carbocycles. The highest BCUT2D eigenvalue weighted by Gasteiger charge is 2.21. The van der Waals surface area contributed by atoms with Crippen LogP contribution in [0.3, 0.4) is 0 Å². The molecule has 0 saturated heterocycles. The molecule has 0 atom stereocenters. The molecule has 88 heavy (non-hydrogen) atoms. The highest BCUT2D eigenvalue weighted by atomic mass is 32.1. The van der Waals surface area contributed by atoms with Gasteiger partial charge in [0.05, 0.1) is 44.8 Å². The molecule has 0 aliphatic rings. The van der Waals surface area contributed by atoms with E-state index < -0.39 is 0 Å². The minimum atomic E-state index is 0.713. The van der Waals surface area contributed by atoms with E-state index in [1.807, 2.05) is 95.5 Å². The maximum Gasteiger partial charge on any atom is 0.160 e. The van der Waals surface area contributed by atoms with Crippen LogP contribution in [0.1, 0.15) is 0 Å². The molecule has 0 unspecified atom stereocenters. The summed E-state index contributed by atoms with van der Waals surface area (Å²) >= 11 is 3.73. The van der Waals surface area contributed by atoms with Crippen molar-refractivity contribution in [3.05, 3.63) is 303 Å². The van der Waals surface area contributed by atoms with Gasteiger partial charge in [0.2, 0.25) is 0 Å². The Hall–Kier alpha value is -11.2. The normalized spacial score (nSPS) is 11.6. The Morgan fingerprint density at radius 1 is 0.216 bits per heavy atom. The SMILES string of the molecule is c1ccc(-c2cc(-c3ccc(-n4c5ccccc5c5c6c(ccc54)sc4ccccc46)cc3)nc(-c3ccccc3)n2)cc1.c1ccc(-c2cc(-c3ccccc3)nc(-c3ccc(-n4c5ccccc5c5c6c(ccc54)sc4ccccc46)cc3)n2)cc1. The van der Waals surface area contributed by atoms with Gasteiger partial charge in [0, 0.05) is 107 Å². The first-order valence-corrected chi connectivity index (χ1v) is 31.2. The van der Waals surface area contributed by atoms with E-state index in [2.05, 4.69) is 240 Å². The van der Waals surface area contributed by atoms with E-state index in [0.717, 1.165) is 73.4 Å². The molecule has 412 valence electrons. The Bertz CT molecular complexity index is 5190. The third kappa shape index (κ3) is 8.84. The Kier molecular flexibility index (Phi) is 12.5. The van der Waals surface area contributed by atoms with Crippen LogP contribution in [0.25, 0.3) is 163 Å². The van der Waals surface area contributed by atoms with Crippen molar-refractivity contribution in [2.45, 2.75) is 0 Å². The first kappa shape index (κ1) is 51.3. The third-order valence-corrected chi connectivity index (χ3v) is 19.1. The van der Waals surface area contributed by atoms with Crippen LogP contribution < -0.4 is 0 Å². The van der Waals surface area contributed by atoms with Gasteiger partial charge in [-0.25, -0.2) is 19.9 Å². The molecule has 6 nitrogen and oxygen atoms in total. The lowest BCUT2D eigenvalue weighted by Gasteiger charge is -2.11. The van der Waals surface area contributed by atoms with E-state index in [4.69, 9.17) is 19.9 Å². The third-order valence-electron chi connectivity index (χ3n) is 16.9. The molecule has 0 saturated carbocycles. The summed E-state index contributed by atoms with van der Waals surface area (Å²) < 4.78 is 10.1. The van der Waals surface area contributed by atoms with Crippen LogP contribution in [-0.4, -0.2) is 29.1 Å². The summed E-state index contributed by atoms with van der Waals surface area (Å²) in [6, 6.07) is 107. The second-order valence-corrected chi connectivity index (χ2v) is 24.2. The molecule has 6 heterocycles. The largest absolute Gasteiger partial charge is 0.309 e. The zero-order valence-electron chi connectivity index (χ0n) is 47.4. The number of hydrogen-bond donors (Lipinski definition) is 0. The van der Waals surface area contributed by atoms with Gasteiger partial charge in [0.1, 0.15) is 0 Å². The average Bonchev–Trinajstić information content (AvgIpc) is 1.67. The van der Waals surface area contributed by atoms with Crippen molar-refractivity contribution < 1.29 is 0 Å². The Morgan fingerprint density at radius 3 is 0.920 bits per heavy atom. The van der Waals surface area contributed by atoms with E-state index in [1.54, 1.807) is 0 Å². The molecule has 0 aliphatic carbocycles. The van der Waals surface area contributed by atoms with Crippen LogP contribution >= 0.6 is 22.7 Å². The molecule has 0 fully saturated rings. The summed E-state index contributed by atoms with van der Waals surface area (Å²) in [6.07, 6.45) is 0. The van der Waals surface area contributed by atoms with E-state index in [1.165, 1.54) is 84.0 Å². The van der Waals surface area contributed by atoms with E-state index >= 15 is 0 Å². The molecule has 0 N–H and O–H groups in total. The minimum Gasteiger partial charge on any atom is -0.309 e. The fraction of sp³-hybridized carbons (Fsp3) is 0. The number of nitrogens with zero attached hydrogens (tertiary/aromatic N) is 6. The second-order valence-electron chi connectivity index (χ2n) is 22.0. The van der Waals surface area contributed by atoms with Gasteiger partial charge < -0.3 is 9.13 Å². The maximum atomic E-state index is 5.03. The molecule has 0 amide bonds. The van der Waals surface area contributed by atoms with E-state index in [0.29, 0.717) is 5.82 Å². The first-order chi connectivity index (χ1) is 43.6. The highest BCUT2D eigenvalue weighted by Crippen LogP contribution is 2.46. The van der Waals surface area contributed by atoms with Crippen LogP contribution in [0.2, 0.25) is 0 Å². The van der Waals surface area contributed by atoms with Crippen LogP contribution in [0.5, 0.6) is 0 Å². The minimum absolute atomic E-state index is 0.713. The fourth-order valence-corrected chi connectivity index (χ4v) is 15.0. The Labute approximate surface area is 514 Å². The van der Waals surface area contributed by atoms with Crippen LogP contribution in [0.4, 0.5) is 0 Å². The van der Waals surface area contributed by atoms with Crippen molar-refractivity contribution >= 4 is 107 Å². The summed E-state index contributed by atoms with van der Waals surface area (Å²) in [5.41, 5.74) is 17.0. The van der Waals surface area contributed by atoms with Gasteiger partial charge in [0.25, 0.3) is 0 Å².